The topological polar surface area (TPSA) is 153 Å². The molecule has 1 aromatic carbocycles. The van der Waals surface area contributed by atoms with Gasteiger partial charge in [-0.3, -0.25) is 5.73 Å². The quantitative estimate of drug-likeness (QED) is 0.428. The van der Waals surface area contributed by atoms with Crippen LogP contribution in [0.3, 0.4) is 0 Å². The van der Waals surface area contributed by atoms with E-state index in [0.29, 0.717) is 28.8 Å². The molecule has 2 aliphatic heterocycles. The highest BCUT2D eigenvalue weighted by molar-refractivity contribution is 6.62. The standard InChI is InChI=1S/C18H25N7O3/c19-17-16(10-21-25(17)7-8-26)22-14-2-1-13(9-15(14)23-18(20)28)24-5-3-12(11-27)4-6-24/h1-2,9-10,12,26-27H,3-8,11H2,(H4,19,20,21,23,28)/p+1. The molecule has 0 atom stereocenters. The van der Waals surface area contributed by atoms with Crippen LogP contribution in [0.2, 0.25) is 0 Å². The molecule has 0 aromatic heterocycles. The molecule has 1 saturated heterocycles. The second kappa shape index (κ2) is 8.81. The van der Waals surface area contributed by atoms with Crippen LogP contribution in [0.15, 0.2) is 28.3 Å². The number of carbonyl (C=O) groups is 1. The van der Waals surface area contributed by atoms with Gasteiger partial charge in [-0.1, -0.05) is 5.10 Å². The Bertz CT molecular complexity index is 826. The Labute approximate surface area is 162 Å². The van der Waals surface area contributed by atoms with E-state index in [1.807, 2.05) is 12.1 Å². The number of aliphatic imine (C=N–C) groups is 1. The second-order valence-electron chi connectivity index (χ2n) is 6.78. The van der Waals surface area contributed by atoms with Crippen molar-refractivity contribution in [2.75, 3.05) is 43.1 Å². The minimum absolute atomic E-state index is 0.0819. The first-order chi connectivity index (χ1) is 13.5. The normalized spacial score (nSPS) is 18.9. The molecule has 1 fully saturated rings. The molecule has 0 unspecified atom stereocenters. The first-order valence-corrected chi connectivity index (χ1v) is 9.22. The first kappa shape index (κ1) is 19.8. The van der Waals surface area contributed by atoms with E-state index in [1.54, 1.807) is 6.07 Å². The molecule has 1 aromatic rings. The monoisotopic (exact) mass is 388 g/mol. The smallest absolute Gasteiger partial charge is 0.321 e. The van der Waals surface area contributed by atoms with Crippen LogP contribution in [-0.2, 0) is 0 Å². The zero-order chi connectivity index (χ0) is 20.1. The summed E-state index contributed by atoms with van der Waals surface area (Å²) in [6.45, 7) is 2.07. The fourth-order valence-electron chi connectivity index (χ4n) is 3.30. The molecule has 0 spiro atoms. The average molecular weight is 388 g/mol. The number of nitrogens with two attached hydrogens (primary N) is 2. The largest absolute Gasteiger partial charge is 0.396 e. The van der Waals surface area contributed by atoms with Gasteiger partial charge in [0.15, 0.2) is 5.71 Å². The number of hydrazone groups is 1. The maximum atomic E-state index is 11.5. The maximum absolute atomic E-state index is 11.5. The van der Waals surface area contributed by atoms with Crippen molar-refractivity contribution in [1.82, 2.24) is 0 Å². The van der Waals surface area contributed by atoms with Gasteiger partial charge in [-0.25, -0.2) is 9.79 Å². The van der Waals surface area contributed by atoms with Crippen LogP contribution in [0.4, 0.5) is 21.9 Å². The Balaban J connectivity index is 1.87. The summed E-state index contributed by atoms with van der Waals surface area (Å²) in [4.78, 5) is 18.2. The van der Waals surface area contributed by atoms with Crippen LogP contribution in [0.25, 0.3) is 0 Å². The first-order valence-electron chi connectivity index (χ1n) is 9.22. The fraction of sp³-hybridized carbons (Fsp3) is 0.444. The lowest BCUT2D eigenvalue weighted by molar-refractivity contribution is -0.532. The number of carbonyl (C=O) groups excluding carboxylic acids is 1. The molecule has 2 aliphatic rings. The Kier molecular flexibility index (Phi) is 6.22. The number of benzene rings is 1. The van der Waals surface area contributed by atoms with Gasteiger partial charge in [-0.15, -0.1) is 4.68 Å². The lowest BCUT2D eigenvalue weighted by Gasteiger charge is -2.33. The van der Waals surface area contributed by atoms with Gasteiger partial charge >= 0.3 is 11.9 Å². The predicted molar refractivity (Wildman–Crippen MR) is 109 cm³/mol. The van der Waals surface area contributed by atoms with E-state index in [2.05, 4.69) is 20.3 Å². The van der Waals surface area contributed by atoms with Gasteiger partial charge in [0.05, 0.1) is 18.0 Å². The van der Waals surface area contributed by atoms with Crippen molar-refractivity contribution in [3.8, 4) is 0 Å². The van der Waals surface area contributed by atoms with E-state index in [-0.39, 0.29) is 19.8 Å². The number of nitrogens with zero attached hydrogens (tertiary/aromatic N) is 4. The number of rotatable bonds is 6. The Hall–Kier alpha value is -2.98. The molecule has 7 N–H and O–H groups in total. The molecular weight excluding hydrogens is 362 g/mol. The predicted octanol–water partition coefficient (Wildman–Crippen LogP) is -0.180. The average Bonchev–Trinajstić information content (AvgIpc) is 3.03. The van der Waals surface area contributed by atoms with Gasteiger partial charge in [0.1, 0.15) is 12.8 Å². The highest BCUT2D eigenvalue weighted by Crippen LogP contribution is 2.32. The molecule has 2 heterocycles. The molecule has 150 valence electrons. The summed E-state index contributed by atoms with van der Waals surface area (Å²) in [5.41, 5.74) is 13.7. The number of aliphatic hydroxyl groups excluding tert-OH is 2. The van der Waals surface area contributed by atoms with Crippen molar-refractivity contribution < 1.29 is 19.7 Å². The van der Waals surface area contributed by atoms with Gasteiger partial charge in [0.25, 0.3) is 0 Å². The summed E-state index contributed by atoms with van der Waals surface area (Å²) in [5.74, 6) is 0.668. The molecule has 10 heteroatoms. The number of piperidine rings is 1. The number of aliphatic hydroxyl groups is 2. The van der Waals surface area contributed by atoms with E-state index in [9.17, 15) is 9.90 Å². The highest BCUT2D eigenvalue weighted by atomic mass is 16.3. The van der Waals surface area contributed by atoms with Gasteiger partial charge < -0.3 is 26.2 Å². The SMILES string of the molecule is NC(=O)Nc1cc(N2CCC(CO)CC2)ccc1N=C1C=N[N+](CCO)=C1N. The van der Waals surface area contributed by atoms with Crippen LogP contribution in [0.5, 0.6) is 0 Å². The van der Waals surface area contributed by atoms with Crippen LogP contribution in [0, 0.1) is 5.92 Å². The van der Waals surface area contributed by atoms with Crippen molar-refractivity contribution in [1.29, 1.82) is 0 Å². The maximum Gasteiger partial charge on any atom is 0.321 e. The number of urea groups is 1. The lowest BCUT2D eigenvalue weighted by atomic mass is 9.97. The van der Waals surface area contributed by atoms with E-state index >= 15 is 0 Å². The number of anilines is 2. The zero-order valence-electron chi connectivity index (χ0n) is 15.6. The third kappa shape index (κ3) is 4.46. The highest BCUT2D eigenvalue weighted by Gasteiger charge is 2.23. The number of hydrogen-bond acceptors (Lipinski definition) is 7. The fourth-order valence-corrected chi connectivity index (χ4v) is 3.30. The Morgan fingerprint density at radius 3 is 2.75 bits per heavy atom. The molecule has 10 nitrogen and oxygen atoms in total. The number of β-amino-alcohol motifs (C(OH)–C–C–N with tert-alkyl or cyclic N) is 1. The number of nitrogens with one attached hydrogen (secondary N) is 1. The number of amides is 2. The zero-order valence-corrected chi connectivity index (χ0v) is 15.6. The van der Waals surface area contributed by atoms with E-state index in [0.717, 1.165) is 31.6 Å². The Morgan fingerprint density at radius 2 is 2.11 bits per heavy atom. The van der Waals surface area contributed by atoms with Crippen LogP contribution in [-0.4, -0.2) is 71.5 Å². The number of hydrogen-bond donors (Lipinski definition) is 5. The molecule has 3 rings (SSSR count). The second-order valence-corrected chi connectivity index (χ2v) is 6.78. The Morgan fingerprint density at radius 1 is 1.36 bits per heavy atom. The molecule has 28 heavy (non-hydrogen) atoms. The van der Waals surface area contributed by atoms with Crippen LogP contribution < -0.4 is 21.7 Å². The van der Waals surface area contributed by atoms with Crippen molar-refractivity contribution in [3.05, 3.63) is 18.2 Å². The van der Waals surface area contributed by atoms with Gasteiger partial charge in [-0.05, 0) is 37.0 Å². The van der Waals surface area contributed by atoms with Crippen molar-refractivity contribution in [3.63, 3.8) is 0 Å². The number of primary amides is 1. The van der Waals surface area contributed by atoms with E-state index in [1.165, 1.54) is 10.9 Å². The minimum atomic E-state index is -0.684. The van der Waals surface area contributed by atoms with E-state index < -0.39 is 6.03 Å². The van der Waals surface area contributed by atoms with Crippen LogP contribution in [0.1, 0.15) is 12.8 Å². The summed E-state index contributed by atoms with van der Waals surface area (Å²) in [7, 11) is 0. The summed E-state index contributed by atoms with van der Waals surface area (Å²) >= 11 is 0. The van der Waals surface area contributed by atoms with Gasteiger partial charge in [0, 0.05) is 25.4 Å². The van der Waals surface area contributed by atoms with Crippen LogP contribution >= 0.6 is 0 Å². The number of amidine groups is 1. The third-order valence-corrected chi connectivity index (χ3v) is 4.89. The van der Waals surface area contributed by atoms with Crippen molar-refractivity contribution in [2.24, 2.45) is 27.5 Å². The summed E-state index contributed by atoms with van der Waals surface area (Å²) in [6.07, 6.45) is 3.34. The van der Waals surface area contributed by atoms with Crippen molar-refractivity contribution in [2.45, 2.75) is 12.8 Å². The molecule has 0 saturated carbocycles. The minimum Gasteiger partial charge on any atom is -0.396 e. The summed E-state index contributed by atoms with van der Waals surface area (Å²) < 4.78 is 1.46. The molecule has 0 bridgehead atoms. The molecule has 2 amide bonds. The molecule has 0 radical (unpaired) electrons. The lowest BCUT2D eigenvalue weighted by Crippen LogP contribution is -2.34. The summed E-state index contributed by atoms with van der Waals surface area (Å²) in [6, 6.07) is 4.87. The third-order valence-electron chi connectivity index (χ3n) is 4.89. The van der Waals surface area contributed by atoms with Gasteiger partial charge in [0.2, 0.25) is 0 Å². The molecular formula is C18H26N7O3+. The molecule has 0 aliphatic carbocycles. The summed E-state index contributed by atoms with van der Waals surface area (Å²) in [5, 5.41) is 25.1. The van der Waals surface area contributed by atoms with Gasteiger partial charge in [-0.2, -0.15) is 0 Å². The van der Waals surface area contributed by atoms with E-state index in [4.69, 9.17) is 16.6 Å². The van der Waals surface area contributed by atoms with Crippen molar-refractivity contribution >= 4 is 40.9 Å².